The number of aromatic hydroxyl groups is 7. The highest BCUT2D eigenvalue weighted by molar-refractivity contribution is 6.06. The summed E-state index contributed by atoms with van der Waals surface area (Å²) in [5.41, 5.74) is 9.14. The Hall–Kier alpha value is -8.84. The predicted molar refractivity (Wildman–Crippen MR) is 303 cm³/mol. The molecule has 0 saturated heterocycles. The van der Waals surface area contributed by atoms with Gasteiger partial charge in [-0.2, -0.15) is 0 Å². The third-order valence-electron chi connectivity index (χ3n) is 13.2. The molecule has 4 aliphatic heterocycles. The topological polar surface area (TPSA) is 443 Å². The van der Waals surface area contributed by atoms with Crippen molar-refractivity contribution in [3.05, 3.63) is 99.1 Å². The second kappa shape index (κ2) is 33.3. The highest BCUT2D eigenvalue weighted by atomic mass is 16.5. The quantitative estimate of drug-likeness (QED) is 0.0215. The molecule has 8 rings (SSSR count). The van der Waals surface area contributed by atoms with Crippen LogP contribution in [-0.4, -0.2) is 242 Å². The van der Waals surface area contributed by atoms with Crippen LogP contribution in [-0.2, 0) is 9.47 Å². The minimum absolute atomic E-state index is 0.0414. The van der Waals surface area contributed by atoms with Gasteiger partial charge in [0.2, 0.25) is 0 Å². The van der Waals surface area contributed by atoms with Crippen molar-refractivity contribution in [2.45, 2.75) is 6.92 Å². The van der Waals surface area contributed by atoms with Gasteiger partial charge in [-0.3, -0.25) is 53.1 Å². The van der Waals surface area contributed by atoms with Gasteiger partial charge in [-0.1, -0.05) is 6.07 Å². The van der Waals surface area contributed by atoms with Gasteiger partial charge in [-0.05, 0) is 55.5 Å². The second-order valence-electron chi connectivity index (χ2n) is 18.9. The van der Waals surface area contributed by atoms with Gasteiger partial charge >= 0.3 is 0 Å². The molecule has 18 N–H and O–H groups in total. The number of hydrogen-bond acceptors (Lipinski definition) is 22. The van der Waals surface area contributed by atoms with Crippen molar-refractivity contribution in [2.24, 2.45) is 11.5 Å². The molecule has 0 radical (unpaired) electrons. The molecule has 4 bridgehead atoms. The van der Waals surface area contributed by atoms with E-state index in [-0.39, 0.29) is 143 Å². The van der Waals surface area contributed by atoms with Crippen molar-refractivity contribution < 1.29 is 83.6 Å². The van der Waals surface area contributed by atoms with Gasteiger partial charge in [0.15, 0.2) is 40.3 Å². The third-order valence-corrected chi connectivity index (χ3v) is 13.2. The molecule has 7 amide bonds. The number of nitrogens with two attached hydrogens (primary N) is 2. The maximum absolute atomic E-state index is 13.4. The van der Waals surface area contributed by atoms with Crippen molar-refractivity contribution in [2.75, 3.05) is 144 Å². The molecule has 29 nitrogen and oxygen atoms in total. The average Bonchev–Trinajstić information content (AvgIpc) is 3.61. The first-order valence-corrected chi connectivity index (χ1v) is 27.0. The predicted octanol–water partition coefficient (Wildman–Crippen LogP) is -2.09. The summed E-state index contributed by atoms with van der Waals surface area (Å²) in [6, 6.07) is 11.2. The molecule has 0 unspecified atom stereocenters. The lowest BCUT2D eigenvalue weighted by Crippen LogP contribution is -2.45. The number of carbonyl (C=O) groups excluding carboxylic acids is 8. The first kappa shape index (κ1) is 66.0. The summed E-state index contributed by atoms with van der Waals surface area (Å²) in [6.07, 6.45) is 0. The number of hydrogen-bond donors (Lipinski definition) is 16. The summed E-state index contributed by atoms with van der Waals surface area (Å²) in [4.78, 5) is 110. The molecule has 0 aliphatic carbocycles. The number of nitrogens with zero attached hydrogens (tertiary/aromatic N) is 3. The summed E-state index contributed by atoms with van der Waals surface area (Å²) in [7, 11) is 0. The molecule has 4 aliphatic rings. The van der Waals surface area contributed by atoms with E-state index in [1.807, 2.05) is 9.80 Å². The number of phenols is 7. The fourth-order valence-corrected chi connectivity index (χ4v) is 8.59. The van der Waals surface area contributed by atoms with E-state index >= 15 is 0 Å². The summed E-state index contributed by atoms with van der Waals surface area (Å²) in [5, 5.41) is 93.8. The Labute approximate surface area is 483 Å². The van der Waals surface area contributed by atoms with Crippen LogP contribution in [0.5, 0.6) is 40.2 Å². The SMILES string of the molecule is CC(=O)c1ccc(C(=O)NCCN2CCNC(=O)c3ccc(c(O)c3O)C(=O)NCCN(CCN(CCN)CCNC(=O)c3cccc(C(=O)NCCOCCOCCN)c3O)CCNC(=O)c3ccc(c(O)c3O)C(=O)NCC2)c(O)c1O. The number of benzene rings is 4. The lowest BCUT2D eigenvalue weighted by molar-refractivity contribution is 0.0511. The van der Waals surface area contributed by atoms with Crippen LogP contribution in [0.2, 0.25) is 0 Å². The molecule has 0 spiro atoms. The molecule has 84 heavy (non-hydrogen) atoms. The minimum Gasteiger partial charge on any atom is -0.506 e. The van der Waals surface area contributed by atoms with Crippen molar-refractivity contribution in [1.29, 1.82) is 0 Å². The van der Waals surface area contributed by atoms with Crippen LogP contribution < -0.4 is 48.7 Å². The van der Waals surface area contributed by atoms with E-state index in [0.717, 1.165) is 24.3 Å². The third kappa shape index (κ3) is 18.9. The smallest absolute Gasteiger partial charge is 0.255 e. The number of carbonyl (C=O) groups is 8. The molecule has 29 heteroatoms. The Morgan fingerprint density at radius 2 is 0.857 bits per heavy atom. The number of para-hydroxylation sites is 1. The van der Waals surface area contributed by atoms with Crippen LogP contribution in [0.4, 0.5) is 0 Å². The van der Waals surface area contributed by atoms with Gasteiger partial charge in [0.25, 0.3) is 41.4 Å². The Morgan fingerprint density at radius 1 is 0.464 bits per heavy atom. The molecule has 4 aromatic rings. The maximum Gasteiger partial charge on any atom is 0.255 e. The lowest BCUT2D eigenvalue weighted by atomic mass is 10.1. The zero-order valence-electron chi connectivity index (χ0n) is 46.5. The van der Waals surface area contributed by atoms with Crippen LogP contribution in [0, 0.1) is 0 Å². The Morgan fingerprint density at radius 3 is 1.30 bits per heavy atom. The average molecular weight is 1180 g/mol. The molecule has 0 aromatic heterocycles. The summed E-state index contributed by atoms with van der Waals surface area (Å²) < 4.78 is 10.6. The monoisotopic (exact) mass is 1170 g/mol. The van der Waals surface area contributed by atoms with Crippen molar-refractivity contribution in [3.63, 3.8) is 0 Å². The highest BCUT2D eigenvalue weighted by Gasteiger charge is 2.26. The van der Waals surface area contributed by atoms with E-state index in [9.17, 15) is 74.1 Å². The molecule has 4 aromatic carbocycles. The Kier molecular flexibility index (Phi) is 26.2. The molecular formula is C55H74N12O17. The van der Waals surface area contributed by atoms with Crippen LogP contribution in [0.3, 0.4) is 0 Å². The van der Waals surface area contributed by atoms with Crippen molar-refractivity contribution in [3.8, 4) is 40.2 Å². The van der Waals surface area contributed by atoms with Crippen molar-refractivity contribution >= 4 is 47.1 Å². The van der Waals surface area contributed by atoms with Crippen molar-refractivity contribution in [1.82, 2.24) is 51.9 Å². The van der Waals surface area contributed by atoms with E-state index in [1.165, 1.54) is 37.3 Å². The molecule has 4 heterocycles. The Balaban J connectivity index is 1.24. The normalized spacial score (nSPS) is 14.3. The standard InChI is InChI=1S/C55H74N12O17/c1-33(68)34-5-6-37(44(71)43(34)70)51(78)59-14-22-66-23-15-60-52(79)38-7-9-40(47(74)45(38)72)54(81)62-17-25-67(26-18-63-55(82)41-10-8-39(46(73)48(41)75)53(80)61-16-24-66)28-27-65(20-11-56)21-13-58-49(76)35-3-2-4-36(42(35)69)50(77)64-19-30-84-32-31-83-29-12-57/h2-10,69-75H,11-32,56-57H2,1H3,(H,58,76)(H,59,78)(H,60,79)(H,61,80)(H,62,81)(H,63,82)(H,64,77). The van der Waals surface area contributed by atoms with Crippen LogP contribution in [0.1, 0.15) is 89.8 Å². The maximum atomic E-state index is 13.4. The van der Waals surface area contributed by atoms with Crippen LogP contribution in [0.25, 0.3) is 0 Å². The second-order valence-corrected chi connectivity index (χ2v) is 18.9. The summed E-state index contributed by atoms with van der Waals surface area (Å²) in [5.74, 6) is -11.5. The van der Waals surface area contributed by atoms with E-state index in [2.05, 4.69) is 37.2 Å². The van der Waals surface area contributed by atoms with Gasteiger partial charge in [-0.25, -0.2) is 0 Å². The zero-order valence-corrected chi connectivity index (χ0v) is 46.5. The molecule has 0 atom stereocenters. The molecule has 0 saturated carbocycles. The Bertz CT molecular complexity index is 2890. The fraction of sp³-hybridized carbons (Fsp3) is 0.418. The molecule has 0 fully saturated rings. The van der Waals surface area contributed by atoms with Crippen LogP contribution >= 0.6 is 0 Å². The number of ether oxygens (including phenoxy) is 2. The van der Waals surface area contributed by atoms with Gasteiger partial charge in [-0.15, -0.1) is 0 Å². The minimum atomic E-state index is -0.877. The zero-order chi connectivity index (χ0) is 61.3. The highest BCUT2D eigenvalue weighted by Crippen LogP contribution is 2.35. The first-order valence-electron chi connectivity index (χ1n) is 27.0. The van der Waals surface area contributed by atoms with E-state index in [0.29, 0.717) is 46.0 Å². The number of Topliss-reactive ketones (excluding diaryl/α,β-unsaturated/α-hetero) is 1. The number of phenolic OH excluding ortho intramolecular Hbond substituents is 7. The number of amides is 7. The van der Waals surface area contributed by atoms with E-state index < -0.39 is 87.4 Å². The molecular weight excluding hydrogens is 1100 g/mol. The van der Waals surface area contributed by atoms with Gasteiger partial charge in [0, 0.05) is 118 Å². The summed E-state index contributed by atoms with van der Waals surface area (Å²) in [6.45, 7) is 4.61. The first-order chi connectivity index (χ1) is 40.3. The lowest BCUT2D eigenvalue weighted by Gasteiger charge is -2.28. The molecule has 456 valence electrons. The number of ketones is 1. The van der Waals surface area contributed by atoms with E-state index in [1.54, 1.807) is 4.90 Å². The summed E-state index contributed by atoms with van der Waals surface area (Å²) >= 11 is 0. The van der Waals surface area contributed by atoms with Gasteiger partial charge < -0.3 is 93.9 Å². The number of rotatable bonds is 23. The van der Waals surface area contributed by atoms with E-state index in [4.69, 9.17) is 20.9 Å². The van der Waals surface area contributed by atoms with Gasteiger partial charge in [0.05, 0.1) is 70.9 Å². The fourth-order valence-electron chi connectivity index (χ4n) is 8.59. The number of nitrogens with one attached hydrogen (secondary N) is 7. The van der Waals surface area contributed by atoms with Crippen LogP contribution in [0.15, 0.2) is 54.6 Å². The van der Waals surface area contributed by atoms with Gasteiger partial charge in [0.1, 0.15) is 5.75 Å². The largest absolute Gasteiger partial charge is 0.506 e.